The van der Waals surface area contributed by atoms with Crippen LogP contribution in [0.25, 0.3) is 0 Å². The SMILES string of the molecule is CCOc1ccc(OC(F)(F)CCC2CCC(C3CCC(CC)CC3)CC2)c(F)c1F. The summed E-state index contributed by atoms with van der Waals surface area (Å²) in [4.78, 5) is 0. The number of rotatable bonds is 9. The van der Waals surface area contributed by atoms with Crippen LogP contribution >= 0.6 is 0 Å². The Bertz CT molecular complexity index is 693. The summed E-state index contributed by atoms with van der Waals surface area (Å²) in [6, 6.07) is 2.11. The fraction of sp³-hybridized carbons (Fsp3) is 0.760. The van der Waals surface area contributed by atoms with Gasteiger partial charge in [0, 0.05) is 0 Å². The molecule has 0 aliphatic heterocycles. The summed E-state index contributed by atoms with van der Waals surface area (Å²) in [7, 11) is 0. The number of alkyl halides is 2. The third kappa shape index (κ3) is 6.52. The van der Waals surface area contributed by atoms with Crippen molar-refractivity contribution in [2.75, 3.05) is 6.61 Å². The van der Waals surface area contributed by atoms with Crippen LogP contribution in [0.5, 0.6) is 11.5 Å². The molecule has 31 heavy (non-hydrogen) atoms. The highest BCUT2D eigenvalue weighted by atomic mass is 19.3. The van der Waals surface area contributed by atoms with Crippen molar-refractivity contribution < 1.29 is 27.0 Å². The van der Waals surface area contributed by atoms with Crippen LogP contribution in [0.3, 0.4) is 0 Å². The van der Waals surface area contributed by atoms with E-state index in [1.54, 1.807) is 6.92 Å². The first-order valence-electron chi connectivity index (χ1n) is 12.0. The molecule has 0 radical (unpaired) electrons. The van der Waals surface area contributed by atoms with Gasteiger partial charge >= 0.3 is 6.11 Å². The molecule has 0 spiro atoms. The van der Waals surface area contributed by atoms with Crippen molar-refractivity contribution in [3.63, 3.8) is 0 Å². The van der Waals surface area contributed by atoms with E-state index in [9.17, 15) is 17.6 Å². The van der Waals surface area contributed by atoms with Crippen molar-refractivity contribution in [3.05, 3.63) is 23.8 Å². The standard InChI is InChI=1S/C25H36F4O2/c1-3-17-5-9-19(10-6-17)20-11-7-18(8-12-20)15-16-25(28,29)31-22-14-13-21(30-4-2)23(26)24(22)27/h13-14,17-20H,3-12,15-16H2,1-2H3. The van der Waals surface area contributed by atoms with Gasteiger partial charge in [-0.1, -0.05) is 39.0 Å². The monoisotopic (exact) mass is 444 g/mol. The molecule has 6 heteroatoms. The second-order valence-electron chi connectivity index (χ2n) is 9.37. The second kappa shape index (κ2) is 10.9. The Morgan fingerprint density at radius 3 is 1.87 bits per heavy atom. The molecule has 176 valence electrons. The lowest BCUT2D eigenvalue weighted by Gasteiger charge is -2.38. The van der Waals surface area contributed by atoms with Gasteiger partial charge in [-0.2, -0.15) is 17.6 Å². The van der Waals surface area contributed by atoms with Gasteiger partial charge in [0.25, 0.3) is 0 Å². The fourth-order valence-electron chi connectivity index (χ4n) is 5.46. The molecule has 0 N–H and O–H groups in total. The molecule has 3 rings (SSSR count). The van der Waals surface area contributed by atoms with E-state index in [2.05, 4.69) is 11.7 Å². The Hall–Kier alpha value is -1.46. The zero-order valence-corrected chi connectivity index (χ0v) is 18.8. The quantitative estimate of drug-likeness (QED) is 0.358. The van der Waals surface area contributed by atoms with Crippen molar-refractivity contribution in [1.29, 1.82) is 0 Å². The molecule has 0 atom stereocenters. The van der Waals surface area contributed by atoms with Crippen LogP contribution in [0.2, 0.25) is 0 Å². The van der Waals surface area contributed by atoms with Crippen molar-refractivity contribution in [3.8, 4) is 11.5 Å². The molecular weight excluding hydrogens is 408 g/mol. The maximum absolute atomic E-state index is 14.3. The number of halogens is 4. The second-order valence-corrected chi connectivity index (χ2v) is 9.37. The topological polar surface area (TPSA) is 18.5 Å². The van der Waals surface area contributed by atoms with Gasteiger partial charge in [-0.25, -0.2) is 0 Å². The smallest absolute Gasteiger partial charge is 0.397 e. The number of benzene rings is 1. The van der Waals surface area contributed by atoms with Gasteiger partial charge in [0.2, 0.25) is 11.6 Å². The minimum absolute atomic E-state index is 0.148. The molecular formula is C25H36F4O2. The van der Waals surface area contributed by atoms with E-state index in [0.717, 1.165) is 55.6 Å². The van der Waals surface area contributed by atoms with E-state index in [4.69, 9.17) is 4.74 Å². The molecule has 0 aromatic heterocycles. The van der Waals surface area contributed by atoms with Crippen LogP contribution < -0.4 is 9.47 Å². The molecule has 1 aromatic carbocycles. The summed E-state index contributed by atoms with van der Waals surface area (Å²) in [6.07, 6.45) is 7.12. The molecule has 0 unspecified atom stereocenters. The van der Waals surface area contributed by atoms with E-state index in [0.29, 0.717) is 6.42 Å². The zero-order valence-electron chi connectivity index (χ0n) is 18.8. The molecule has 2 nitrogen and oxygen atoms in total. The highest BCUT2D eigenvalue weighted by Crippen LogP contribution is 2.43. The predicted octanol–water partition coefficient (Wildman–Crippen LogP) is 8.14. The Kier molecular flexibility index (Phi) is 8.51. The summed E-state index contributed by atoms with van der Waals surface area (Å²) in [5.41, 5.74) is 0. The van der Waals surface area contributed by atoms with Gasteiger partial charge in [0.15, 0.2) is 11.5 Å². The Labute approximate surface area is 183 Å². The molecule has 2 saturated carbocycles. The number of hydrogen-bond donors (Lipinski definition) is 0. The van der Waals surface area contributed by atoms with E-state index in [1.165, 1.54) is 32.1 Å². The Morgan fingerprint density at radius 1 is 0.806 bits per heavy atom. The van der Waals surface area contributed by atoms with E-state index < -0.39 is 29.9 Å². The zero-order chi connectivity index (χ0) is 22.4. The lowest BCUT2D eigenvalue weighted by atomic mass is 9.68. The molecule has 2 aliphatic carbocycles. The molecule has 0 amide bonds. The summed E-state index contributed by atoms with van der Waals surface area (Å²) in [5, 5.41) is 0. The third-order valence-electron chi connectivity index (χ3n) is 7.44. The summed E-state index contributed by atoms with van der Waals surface area (Å²) in [6.45, 7) is 4.05. The predicted molar refractivity (Wildman–Crippen MR) is 114 cm³/mol. The van der Waals surface area contributed by atoms with Crippen molar-refractivity contribution in [1.82, 2.24) is 0 Å². The highest BCUT2D eigenvalue weighted by molar-refractivity contribution is 5.35. The minimum Gasteiger partial charge on any atom is -0.491 e. The summed E-state index contributed by atoms with van der Waals surface area (Å²) < 4.78 is 66.1. The van der Waals surface area contributed by atoms with E-state index >= 15 is 0 Å². The van der Waals surface area contributed by atoms with Gasteiger partial charge in [0.1, 0.15) is 0 Å². The van der Waals surface area contributed by atoms with E-state index in [1.807, 2.05) is 0 Å². The summed E-state index contributed by atoms with van der Waals surface area (Å²) in [5.74, 6) is -1.14. The maximum atomic E-state index is 14.3. The van der Waals surface area contributed by atoms with Crippen molar-refractivity contribution in [2.24, 2.45) is 23.7 Å². The minimum atomic E-state index is -3.53. The third-order valence-corrected chi connectivity index (χ3v) is 7.44. The van der Waals surface area contributed by atoms with Gasteiger partial charge in [0.05, 0.1) is 13.0 Å². The average Bonchev–Trinajstić information content (AvgIpc) is 2.78. The molecule has 2 fully saturated rings. The Balaban J connectivity index is 1.44. The van der Waals surface area contributed by atoms with Gasteiger partial charge in [-0.15, -0.1) is 0 Å². The van der Waals surface area contributed by atoms with Crippen LogP contribution in [0.15, 0.2) is 12.1 Å². The van der Waals surface area contributed by atoms with Gasteiger partial charge < -0.3 is 9.47 Å². The van der Waals surface area contributed by atoms with E-state index in [-0.39, 0.29) is 18.3 Å². The lowest BCUT2D eigenvalue weighted by Crippen LogP contribution is -2.28. The molecule has 0 heterocycles. The van der Waals surface area contributed by atoms with Gasteiger partial charge in [-0.05, 0) is 74.8 Å². The maximum Gasteiger partial charge on any atom is 0.397 e. The summed E-state index contributed by atoms with van der Waals surface area (Å²) >= 11 is 0. The Morgan fingerprint density at radius 2 is 1.32 bits per heavy atom. The van der Waals surface area contributed by atoms with Crippen LogP contribution in [-0.2, 0) is 0 Å². The van der Waals surface area contributed by atoms with Crippen LogP contribution in [-0.4, -0.2) is 12.7 Å². The van der Waals surface area contributed by atoms with Gasteiger partial charge in [-0.3, -0.25) is 0 Å². The molecule has 0 saturated heterocycles. The fourth-order valence-corrected chi connectivity index (χ4v) is 5.46. The lowest BCUT2D eigenvalue weighted by molar-refractivity contribution is -0.185. The van der Waals surface area contributed by atoms with Crippen molar-refractivity contribution >= 4 is 0 Å². The number of hydrogen-bond acceptors (Lipinski definition) is 2. The molecule has 0 bridgehead atoms. The van der Waals surface area contributed by atoms with Crippen molar-refractivity contribution in [2.45, 2.75) is 90.6 Å². The normalized spacial score (nSPS) is 27.2. The first kappa shape index (κ1) is 24.2. The largest absolute Gasteiger partial charge is 0.491 e. The van der Waals surface area contributed by atoms with Crippen LogP contribution in [0.4, 0.5) is 17.6 Å². The molecule has 1 aromatic rings. The first-order chi connectivity index (χ1) is 14.8. The molecule has 2 aliphatic rings. The van der Waals surface area contributed by atoms with Crippen LogP contribution in [0.1, 0.15) is 84.5 Å². The first-order valence-corrected chi connectivity index (χ1v) is 12.0. The highest BCUT2D eigenvalue weighted by Gasteiger charge is 2.36. The average molecular weight is 445 g/mol. The number of ether oxygens (including phenoxy) is 2. The van der Waals surface area contributed by atoms with Crippen LogP contribution in [0, 0.1) is 35.3 Å².